The predicted octanol–water partition coefficient (Wildman–Crippen LogP) is 1.61. The summed E-state index contributed by atoms with van der Waals surface area (Å²) in [4.78, 5) is 21.9. The Morgan fingerprint density at radius 1 is 1.29 bits per heavy atom. The van der Waals surface area contributed by atoms with Crippen molar-refractivity contribution in [3.8, 4) is 0 Å². The minimum atomic E-state index is -0.0395. The summed E-state index contributed by atoms with van der Waals surface area (Å²) >= 11 is 1.71. The second-order valence-electron chi connectivity index (χ2n) is 3.94. The van der Waals surface area contributed by atoms with Crippen molar-refractivity contribution in [2.45, 2.75) is 38.4 Å². The first-order valence-corrected chi connectivity index (χ1v) is 5.91. The minimum absolute atomic E-state index is 0.0395. The van der Waals surface area contributed by atoms with E-state index < -0.39 is 0 Å². The Morgan fingerprint density at radius 2 is 1.86 bits per heavy atom. The van der Waals surface area contributed by atoms with Crippen LogP contribution in [0.3, 0.4) is 0 Å². The van der Waals surface area contributed by atoms with Crippen molar-refractivity contribution in [1.29, 1.82) is 0 Å². The number of rotatable bonds is 6. The van der Waals surface area contributed by atoms with E-state index in [4.69, 9.17) is 0 Å². The third-order valence-corrected chi connectivity index (χ3v) is 3.22. The van der Waals surface area contributed by atoms with Gasteiger partial charge >= 0.3 is 0 Å². The largest absolute Gasteiger partial charge is 0.355 e. The second-order valence-corrected chi connectivity index (χ2v) is 5.46. The summed E-state index contributed by atoms with van der Waals surface area (Å²) in [7, 11) is 0. The Kier molecular flexibility index (Phi) is 5.84. The molecule has 0 aromatic rings. The molecule has 4 heteroatoms. The average molecular weight is 217 g/mol. The smallest absolute Gasteiger partial charge is 0.220 e. The number of nitrogens with one attached hydrogen (secondary N) is 1. The van der Waals surface area contributed by atoms with E-state index in [1.807, 2.05) is 6.26 Å². The molecule has 3 nitrogen and oxygen atoms in total. The molecule has 0 atom stereocenters. The number of hydrogen-bond donors (Lipinski definition) is 1. The van der Waals surface area contributed by atoms with Gasteiger partial charge in [-0.05, 0) is 27.0 Å². The van der Waals surface area contributed by atoms with E-state index in [0.29, 0.717) is 19.4 Å². The highest BCUT2D eigenvalue weighted by Crippen LogP contribution is 2.19. The van der Waals surface area contributed by atoms with E-state index in [-0.39, 0.29) is 16.4 Å². The highest BCUT2D eigenvalue weighted by Gasteiger charge is 2.16. The molecule has 0 aliphatic carbocycles. The molecular weight excluding hydrogens is 198 g/mol. The lowest BCUT2D eigenvalue weighted by Crippen LogP contribution is -2.36. The summed E-state index contributed by atoms with van der Waals surface area (Å²) < 4.78 is 0.0614. The van der Waals surface area contributed by atoms with E-state index in [1.54, 1.807) is 11.8 Å². The van der Waals surface area contributed by atoms with Crippen LogP contribution in [0.2, 0.25) is 0 Å². The Morgan fingerprint density at radius 3 is 2.29 bits per heavy atom. The van der Waals surface area contributed by atoms with Gasteiger partial charge in [0, 0.05) is 24.1 Å². The standard InChI is InChI=1S/C10H19NO2S/c1-8(12)5-6-9(13)11-7-10(2,3)14-4/h5-7H2,1-4H3,(H,11,13). The summed E-state index contributed by atoms with van der Waals surface area (Å²) in [5.74, 6) is 0.0200. The van der Waals surface area contributed by atoms with Crippen molar-refractivity contribution in [2.75, 3.05) is 12.8 Å². The lowest BCUT2D eigenvalue weighted by atomic mass is 10.2. The van der Waals surface area contributed by atoms with Crippen LogP contribution in [0.4, 0.5) is 0 Å². The molecule has 0 rings (SSSR count). The molecule has 0 spiro atoms. The van der Waals surface area contributed by atoms with Crippen LogP contribution in [-0.2, 0) is 9.59 Å². The van der Waals surface area contributed by atoms with E-state index in [1.165, 1.54) is 6.92 Å². The summed E-state index contributed by atoms with van der Waals surface area (Å²) in [5, 5.41) is 2.82. The van der Waals surface area contributed by atoms with Gasteiger partial charge in [0.05, 0.1) is 0 Å². The summed E-state index contributed by atoms with van der Waals surface area (Å²) in [6, 6.07) is 0. The topological polar surface area (TPSA) is 46.2 Å². The second kappa shape index (κ2) is 6.06. The quantitative estimate of drug-likeness (QED) is 0.735. The first kappa shape index (κ1) is 13.5. The van der Waals surface area contributed by atoms with Crippen molar-refractivity contribution in [2.24, 2.45) is 0 Å². The van der Waals surface area contributed by atoms with Crippen LogP contribution in [0.1, 0.15) is 33.6 Å². The SMILES string of the molecule is CSC(C)(C)CNC(=O)CCC(C)=O. The normalized spacial score (nSPS) is 11.1. The molecule has 14 heavy (non-hydrogen) atoms. The Labute approximate surface area is 90.0 Å². The molecule has 0 bridgehead atoms. The number of hydrogen-bond acceptors (Lipinski definition) is 3. The van der Waals surface area contributed by atoms with Gasteiger partial charge in [0.1, 0.15) is 5.78 Å². The van der Waals surface area contributed by atoms with Gasteiger partial charge in [-0.15, -0.1) is 0 Å². The van der Waals surface area contributed by atoms with Crippen LogP contribution in [0.5, 0.6) is 0 Å². The third kappa shape index (κ3) is 6.95. The summed E-state index contributed by atoms with van der Waals surface area (Å²) in [6.07, 6.45) is 2.66. The Hall–Kier alpha value is -0.510. The van der Waals surface area contributed by atoms with Gasteiger partial charge in [-0.3, -0.25) is 4.79 Å². The predicted molar refractivity (Wildman–Crippen MR) is 60.5 cm³/mol. The fourth-order valence-electron chi connectivity index (χ4n) is 0.762. The van der Waals surface area contributed by atoms with E-state index in [0.717, 1.165) is 0 Å². The third-order valence-electron chi connectivity index (χ3n) is 1.97. The maximum absolute atomic E-state index is 11.2. The number of amides is 1. The zero-order chi connectivity index (χ0) is 11.2. The molecule has 0 radical (unpaired) electrons. The van der Waals surface area contributed by atoms with Crippen LogP contribution >= 0.6 is 11.8 Å². The molecule has 0 fully saturated rings. The van der Waals surface area contributed by atoms with Gasteiger partial charge < -0.3 is 10.1 Å². The van der Waals surface area contributed by atoms with E-state index >= 15 is 0 Å². The van der Waals surface area contributed by atoms with Crippen LogP contribution in [0.25, 0.3) is 0 Å². The number of carbonyl (C=O) groups excluding carboxylic acids is 2. The number of ketones is 1. The molecule has 1 amide bonds. The molecule has 0 aliphatic rings. The van der Waals surface area contributed by atoms with Crippen molar-refractivity contribution in [3.05, 3.63) is 0 Å². The Bertz CT molecular complexity index is 214. The van der Waals surface area contributed by atoms with Gasteiger partial charge in [0.25, 0.3) is 0 Å². The summed E-state index contributed by atoms with van der Waals surface area (Å²) in [5.41, 5.74) is 0. The van der Waals surface area contributed by atoms with E-state index in [2.05, 4.69) is 19.2 Å². The molecule has 0 aliphatic heterocycles. The molecule has 0 heterocycles. The first-order chi connectivity index (χ1) is 6.37. The molecule has 0 saturated carbocycles. The van der Waals surface area contributed by atoms with Crippen molar-refractivity contribution in [1.82, 2.24) is 5.32 Å². The maximum atomic E-state index is 11.2. The molecule has 0 aromatic heterocycles. The lowest BCUT2D eigenvalue weighted by molar-refractivity contribution is -0.124. The number of thioether (sulfide) groups is 1. The van der Waals surface area contributed by atoms with Crippen LogP contribution in [0, 0.1) is 0 Å². The molecule has 1 N–H and O–H groups in total. The highest BCUT2D eigenvalue weighted by molar-refractivity contribution is 7.99. The average Bonchev–Trinajstić information content (AvgIpc) is 2.11. The minimum Gasteiger partial charge on any atom is -0.355 e. The summed E-state index contributed by atoms with van der Waals surface area (Å²) in [6.45, 7) is 6.29. The zero-order valence-corrected chi connectivity index (χ0v) is 10.2. The fraction of sp³-hybridized carbons (Fsp3) is 0.800. The van der Waals surface area contributed by atoms with Gasteiger partial charge in [-0.25, -0.2) is 0 Å². The van der Waals surface area contributed by atoms with Crippen molar-refractivity contribution < 1.29 is 9.59 Å². The van der Waals surface area contributed by atoms with Crippen molar-refractivity contribution >= 4 is 23.5 Å². The molecule has 0 unspecified atom stereocenters. The van der Waals surface area contributed by atoms with Gasteiger partial charge in [0.2, 0.25) is 5.91 Å². The van der Waals surface area contributed by atoms with Crippen LogP contribution < -0.4 is 5.32 Å². The fourth-order valence-corrected chi connectivity index (χ4v) is 0.978. The van der Waals surface area contributed by atoms with Crippen molar-refractivity contribution in [3.63, 3.8) is 0 Å². The zero-order valence-electron chi connectivity index (χ0n) is 9.35. The lowest BCUT2D eigenvalue weighted by Gasteiger charge is -2.22. The van der Waals surface area contributed by atoms with Crippen LogP contribution in [0.15, 0.2) is 0 Å². The number of Topliss-reactive ketones (excluding diaryl/α,β-unsaturated/α-hetero) is 1. The number of carbonyl (C=O) groups is 2. The van der Waals surface area contributed by atoms with Gasteiger partial charge in [-0.2, -0.15) is 11.8 Å². The first-order valence-electron chi connectivity index (χ1n) is 4.68. The van der Waals surface area contributed by atoms with E-state index in [9.17, 15) is 9.59 Å². The monoisotopic (exact) mass is 217 g/mol. The maximum Gasteiger partial charge on any atom is 0.220 e. The van der Waals surface area contributed by atoms with Crippen LogP contribution in [-0.4, -0.2) is 29.2 Å². The molecule has 82 valence electrons. The van der Waals surface area contributed by atoms with Gasteiger partial charge in [-0.1, -0.05) is 0 Å². The molecular formula is C10H19NO2S. The molecule has 0 saturated heterocycles. The highest BCUT2D eigenvalue weighted by atomic mass is 32.2. The molecule has 0 aromatic carbocycles. The van der Waals surface area contributed by atoms with Gasteiger partial charge in [0.15, 0.2) is 0 Å². The Balaban J connectivity index is 3.69.